The first-order valence-electron chi connectivity index (χ1n) is 11.5. The van der Waals surface area contributed by atoms with E-state index in [1.165, 1.54) is 30.3 Å². The number of aliphatic hydroxyl groups excluding tert-OH is 1. The zero-order valence-electron chi connectivity index (χ0n) is 19.8. The summed E-state index contributed by atoms with van der Waals surface area (Å²) in [6, 6.07) is 7.54. The molecule has 2 aliphatic carbocycles. The lowest BCUT2D eigenvalue weighted by Crippen LogP contribution is -2.23. The fourth-order valence-electron chi connectivity index (χ4n) is 5.08. The van der Waals surface area contributed by atoms with Gasteiger partial charge in [-0.25, -0.2) is 9.59 Å². The molecule has 2 aromatic carbocycles. The largest absolute Gasteiger partial charge is 0.507 e. The molecule has 0 amide bonds. The SMILES string of the molecule is O=C(O)/C=C/C1=C2C(=O)c3c(O)cccc3C(=O)O[C@H](CC(=O)O)CC2=C2C(=O)c3c(O)cccc3C(O)=C12. The summed E-state index contributed by atoms with van der Waals surface area (Å²) in [7, 11) is 0. The van der Waals surface area contributed by atoms with E-state index in [2.05, 4.69) is 0 Å². The third kappa shape index (κ3) is 3.96. The Morgan fingerprint density at radius 1 is 0.846 bits per heavy atom. The summed E-state index contributed by atoms with van der Waals surface area (Å²) >= 11 is 0. The van der Waals surface area contributed by atoms with Crippen molar-refractivity contribution in [2.24, 2.45) is 0 Å². The minimum absolute atomic E-state index is 0.0723. The maximum atomic E-state index is 14.0. The van der Waals surface area contributed by atoms with Crippen LogP contribution in [0.15, 0.2) is 76.4 Å². The van der Waals surface area contributed by atoms with Gasteiger partial charge >= 0.3 is 17.9 Å². The fraction of sp³-hybridized carbons (Fsp3) is 0.107. The second kappa shape index (κ2) is 9.14. The molecule has 3 aliphatic rings. The van der Waals surface area contributed by atoms with Crippen molar-refractivity contribution in [1.82, 2.24) is 0 Å². The molecule has 1 aliphatic heterocycles. The number of aromatic hydroxyl groups is 2. The number of aliphatic hydroxyl groups is 1. The van der Waals surface area contributed by atoms with Gasteiger partial charge in [0.1, 0.15) is 23.4 Å². The number of cyclic esters (lactones) is 1. The van der Waals surface area contributed by atoms with Crippen molar-refractivity contribution in [1.29, 1.82) is 0 Å². The Morgan fingerprint density at radius 2 is 1.44 bits per heavy atom. The number of phenols is 2. The highest BCUT2D eigenvalue weighted by atomic mass is 16.5. The van der Waals surface area contributed by atoms with Crippen molar-refractivity contribution in [3.05, 3.63) is 98.7 Å². The molecule has 0 radical (unpaired) electrons. The molecule has 0 spiro atoms. The molecule has 39 heavy (non-hydrogen) atoms. The minimum atomic E-state index is -1.42. The van der Waals surface area contributed by atoms with Crippen LogP contribution in [0, 0.1) is 0 Å². The highest BCUT2D eigenvalue weighted by molar-refractivity contribution is 6.27. The van der Waals surface area contributed by atoms with E-state index in [0.717, 1.165) is 12.1 Å². The lowest BCUT2D eigenvalue weighted by atomic mass is 9.82. The van der Waals surface area contributed by atoms with Gasteiger partial charge in [-0.15, -0.1) is 0 Å². The van der Waals surface area contributed by atoms with Crippen LogP contribution in [0.1, 0.15) is 49.5 Å². The van der Waals surface area contributed by atoms with E-state index in [1.54, 1.807) is 0 Å². The van der Waals surface area contributed by atoms with Crippen molar-refractivity contribution in [2.75, 3.05) is 0 Å². The van der Waals surface area contributed by atoms with Gasteiger partial charge in [-0.3, -0.25) is 14.4 Å². The number of ether oxygens (including phenoxy) is 1. The van der Waals surface area contributed by atoms with Gasteiger partial charge in [-0.1, -0.05) is 18.2 Å². The van der Waals surface area contributed by atoms with Crippen LogP contribution in [0.5, 0.6) is 11.5 Å². The smallest absolute Gasteiger partial charge is 0.339 e. The first-order chi connectivity index (χ1) is 18.5. The highest BCUT2D eigenvalue weighted by Gasteiger charge is 2.45. The molecule has 5 N–H and O–H groups in total. The van der Waals surface area contributed by atoms with E-state index < -0.39 is 71.2 Å². The first-order valence-corrected chi connectivity index (χ1v) is 11.5. The van der Waals surface area contributed by atoms with Crippen LogP contribution in [0.25, 0.3) is 5.76 Å². The number of carboxylic acid groups (broad SMARTS) is 2. The summed E-state index contributed by atoms with van der Waals surface area (Å²) in [5, 5.41) is 51.1. The second-order valence-corrected chi connectivity index (χ2v) is 8.92. The van der Waals surface area contributed by atoms with Gasteiger partial charge in [-0.05, 0) is 35.4 Å². The standard InChI is InChI=1S/C28H18O11/c29-16-5-1-3-13-21(16)27(37)24-15-9-11(10-19(33)34)39-28(38)14-4-2-6-17(30)22(14)26(36)20(15)12(7-8-18(31)32)23(24)25(13)35/h1-8,11,29-30,35H,9-10H2,(H,31,32)(H,33,34)/b8-7+/t11-/m0/s1. The summed E-state index contributed by atoms with van der Waals surface area (Å²) in [4.78, 5) is 63.9. The van der Waals surface area contributed by atoms with Crippen LogP contribution in [-0.2, 0) is 14.3 Å². The highest BCUT2D eigenvalue weighted by Crippen LogP contribution is 2.50. The number of phenolic OH excluding ortho intramolecular Hbond substituents is 2. The van der Waals surface area contributed by atoms with Crippen molar-refractivity contribution < 1.29 is 54.2 Å². The Kier molecular flexibility index (Phi) is 5.91. The molecule has 0 fully saturated rings. The number of hydrogen-bond donors (Lipinski definition) is 5. The van der Waals surface area contributed by atoms with Gasteiger partial charge in [0.05, 0.1) is 23.1 Å². The van der Waals surface area contributed by atoms with Gasteiger partial charge in [-0.2, -0.15) is 0 Å². The van der Waals surface area contributed by atoms with E-state index in [4.69, 9.17) is 4.74 Å². The molecule has 2 aromatic rings. The Morgan fingerprint density at radius 3 is 2.05 bits per heavy atom. The average Bonchev–Trinajstić information content (AvgIpc) is 3.19. The maximum absolute atomic E-state index is 14.0. The van der Waals surface area contributed by atoms with E-state index in [1.807, 2.05) is 0 Å². The number of allylic oxidation sites excluding steroid dienone is 5. The zero-order chi connectivity index (χ0) is 28.2. The number of hydrogen-bond acceptors (Lipinski definition) is 9. The normalized spacial score (nSPS) is 18.7. The Hall–Kier alpha value is -5.45. The third-order valence-electron chi connectivity index (χ3n) is 6.60. The van der Waals surface area contributed by atoms with Crippen LogP contribution in [0.3, 0.4) is 0 Å². The third-order valence-corrected chi connectivity index (χ3v) is 6.60. The van der Waals surface area contributed by atoms with E-state index in [0.29, 0.717) is 6.08 Å². The fourth-order valence-corrected chi connectivity index (χ4v) is 5.08. The number of aliphatic carboxylic acids is 2. The van der Waals surface area contributed by atoms with Crippen molar-refractivity contribution in [3.8, 4) is 11.5 Å². The molecule has 1 atom stereocenters. The number of carbonyl (C=O) groups is 5. The van der Waals surface area contributed by atoms with Gasteiger partial charge in [0.2, 0.25) is 0 Å². The molecule has 0 aromatic heterocycles. The number of esters is 1. The number of carboxylic acids is 2. The second-order valence-electron chi connectivity index (χ2n) is 8.92. The van der Waals surface area contributed by atoms with Crippen molar-refractivity contribution in [3.63, 3.8) is 0 Å². The van der Waals surface area contributed by atoms with Crippen LogP contribution in [-0.4, -0.2) is 61.1 Å². The monoisotopic (exact) mass is 530 g/mol. The topological polar surface area (TPSA) is 196 Å². The van der Waals surface area contributed by atoms with Crippen LogP contribution < -0.4 is 0 Å². The molecule has 1 heterocycles. The lowest BCUT2D eigenvalue weighted by molar-refractivity contribution is -0.139. The van der Waals surface area contributed by atoms with Crippen molar-refractivity contribution >= 4 is 35.2 Å². The number of fused-ring (bicyclic) bond motifs is 4. The molecule has 5 rings (SSSR count). The molecule has 0 unspecified atom stereocenters. The van der Waals surface area contributed by atoms with E-state index in [9.17, 15) is 49.5 Å². The predicted octanol–water partition coefficient (Wildman–Crippen LogP) is 3.10. The predicted molar refractivity (Wildman–Crippen MR) is 131 cm³/mol. The first kappa shape index (κ1) is 25.2. The summed E-state index contributed by atoms with van der Waals surface area (Å²) < 4.78 is 5.40. The van der Waals surface area contributed by atoms with Gasteiger partial charge < -0.3 is 30.3 Å². The lowest BCUT2D eigenvalue weighted by Gasteiger charge is -2.22. The quantitative estimate of drug-likeness (QED) is 0.288. The number of benzene rings is 2. The van der Waals surface area contributed by atoms with E-state index >= 15 is 0 Å². The van der Waals surface area contributed by atoms with Gasteiger partial charge in [0.25, 0.3) is 0 Å². The minimum Gasteiger partial charge on any atom is -0.507 e. The maximum Gasteiger partial charge on any atom is 0.339 e. The number of rotatable bonds is 4. The average molecular weight is 530 g/mol. The molecule has 11 nitrogen and oxygen atoms in total. The number of ketones is 2. The Labute approximate surface area is 218 Å². The Bertz CT molecular complexity index is 1670. The Balaban J connectivity index is 1.92. The summed E-state index contributed by atoms with van der Waals surface area (Å²) in [6.45, 7) is 0. The van der Waals surface area contributed by atoms with Gasteiger partial charge in [0.15, 0.2) is 11.6 Å². The molecular weight excluding hydrogens is 512 g/mol. The molecular formula is C28H18O11. The molecule has 196 valence electrons. The van der Waals surface area contributed by atoms with Crippen LogP contribution >= 0.6 is 0 Å². The number of carbonyl (C=O) groups excluding carboxylic acids is 3. The zero-order valence-corrected chi connectivity index (χ0v) is 19.8. The van der Waals surface area contributed by atoms with Crippen LogP contribution in [0.2, 0.25) is 0 Å². The number of Topliss-reactive ketones (excluding diaryl/α,β-unsaturated/α-hetero) is 2. The van der Waals surface area contributed by atoms with E-state index in [-0.39, 0.29) is 44.6 Å². The molecule has 0 saturated carbocycles. The molecule has 0 saturated heterocycles. The van der Waals surface area contributed by atoms with Crippen molar-refractivity contribution in [2.45, 2.75) is 18.9 Å². The summed E-state index contributed by atoms with van der Waals surface area (Å²) in [6.07, 6.45) is -0.952. The molecule has 0 bridgehead atoms. The summed E-state index contributed by atoms with van der Waals surface area (Å²) in [5.74, 6) is -7.31. The summed E-state index contributed by atoms with van der Waals surface area (Å²) in [5.41, 5.74) is -2.43. The van der Waals surface area contributed by atoms with Crippen LogP contribution in [0.4, 0.5) is 0 Å². The molecule has 11 heteroatoms. The van der Waals surface area contributed by atoms with Gasteiger partial charge in [0, 0.05) is 34.8 Å².